The Morgan fingerprint density at radius 2 is 2.00 bits per heavy atom. The third kappa shape index (κ3) is 4.16. The maximum atomic E-state index is 13.0. The van der Waals surface area contributed by atoms with E-state index in [0.29, 0.717) is 30.7 Å². The van der Waals surface area contributed by atoms with E-state index in [-0.39, 0.29) is 17.3 Å². The fourth-order valence-electron chi connectivity index (χ4n) is 3.73. The van der Waals surface area contributed by atoms with Gasteiger partial charge in [-0.1, -0.05) is 45.5 Å². The lowest BCUT2D eigenvalue weighted by molar-refractivity contribution is -0.122. The van der Waals surface area contributed by atoms with Crippen LogP contribution < -0.4 is 4.80 Å². The second kappa shape index (κ2) is 8.74. The summed E-state index contributed by atoms with van der Waals surface area (Å²) >= 11 is 4.96. The Bertz CT molecular complexity index is 1250. The van der Waals surface area contributed by atoms with E-state index < -0.39 is 15.9 Å². The van der Waals surface area contributed by atoms with Gasteiger partial charge in [0.05, 0.1) is 21.0 Å². The lowest BCUT2D eigenvalue weighted by Crippen LogP contribution is -2.42. The highest BCUT2D eigenvalue weighted by Gasteiger charge is 2.33. The quantitative estimate of drug-likeness (QED) is 0.535. The van der Waals surface area contributed by atoms with Crippen molar-refractivity contribution >= 4 is 53.4 Å². The van der Waals surface area contributed by atoms with E-state index in [0.717, 1.165) is 14.7 Å². The third-order valence-electron chi connectivity index (χ3n) is 5.28. The maximum Gasteiger partial charge on any atom is 0.252 e. The molecule has 2 heterocycles. The van der Waals surface area contributed by atoms with Gasteiger partial charge in [-0.3, -0.25) is 4.79 Å². The topological polar surface area (TPSA) is 71.7 Å². The van der Waals surface area contributed by atoms with Gasteiger partial charge < -0.3 is 4.57 Å². The highest BCUT2D eigenvalue weighted by atomic mass is 79.9. The van der Waals surface area contributed by atoms with E-state index >= 15 is 0 Å². The normalized spacial score (nSPS) is 18.7. The second-order valence-electron chi connectivity index (χ2n) is 7.21. The van der Waals surface area contributed by atoms with Crippen molar-refractivity contribution in [1.29, 1.82) is 0 Å². The van der Waals surface area contributed by atoms with Gasteiger partial charge in [-0.05, 0) is 50.1 Å². The summed E-state index contributed by atoms with van der Waals surface area (Å²) in [6, 6.07) is 14.4. The Kier molecular flexibility index (Phi) is 6.24. The van der Waals surface area contributed by atoms with Gasteiger partial charge in [0.2, 0.25) is 10.0 Å². The van der Waals surface area contributed by atoms with Gasteiger partial charge in [0.15, 0.2) is 4.80 Å². The minimum atomic E-state index is -3.61. The number of piperidine rings is 1. The monoisotopic (exact) mass is 507 g/mol. The standard InChI is InChI=1S/C21H22BrN3O3S2/c1-2-25-18-11-10-16(22)13-19(18)29-21(25)23-20(26)15-7-6-12-24(14-15)30(27,28)17-8-4-3-5-9-17/h3-5,8-11,13,15H,2,6-7,12,14H2,1H3. The zero-order valence-corrected chi connectivity index (χ0v) is 19.7. The molecule has 3 aromatic rings. The Labute approximate surface area is 188 Å². The Balaban J connectivity index is 1.62. The average Bonchev–Trinajstić information content (AvgIpc) is 3.10. The molecular formula is C21H22BrN3O3S2. The summed E-state index contributed by atoms with van der Waals surface area (Å²) in [7, 11) is -3.61. The predicted molar refractivity (Wildman–Crippen MR) is 122 cm³/mol. The van der Waals surface area contributed by atoms with Crippen LogP contribution in [0.5, 0.6) is 0 Å². The summed E-state index contributed by atoms with van der Waals surface area (Å²) in [6.07, 6.45) is 1.29. The molecule has 1 amide bonds. The molecule has 30 heavy (non-hydrogen) atoms. The van der Waals surface area contributed by atoms with Crippen LogP contribution in [0.15, 0.2) is 62.9 Å². The number of rotatable bonds is 4. The number of nitrogens with zero attached hydrogens (tertiary/aromatic N) is 3. The van der Waals surface area contributed by atoms with Crippen LogP contribution in [0.4, 0.5) is 0 Å². The predicted octanol–water partition coefficient (Wildman–Crippen LogP) is 4.01. The summed E-state index contributed by atoms with van der Waals surface area (Å²) in [4.78, 5) is 18.3. The Hall–Kier alpha value is -1.81. The number of carbonyl (C=O) groups excluding carboxylic acids is 1. The van der Waals surface area contributed by atoms with E-state index in [1.165, 1.54) is 15.6 Å². The first kappa shape index (κ1) is 21.4. The smallest absolute Gasteiger partial charge is 0.252 e. The molecule has 0 saturated carbocycles. The fraction of sp³-hybridized carbons (Fsp3) is 0.333. The Morgan fingerprint density at radius 1 is 1.23 bits per heavy atom. The van der Waals surface area contributed by atoms with Gasteiger partial charge in [0.25, 0.3) is 5.91 Å². The molecule has 1 aliphatic rings. The third-order valence-corrected chi connectivity index (χ3v) is 8.69. The molecule has 1 fully saturated rings. The summed E-state index contributed by atoms with van der Waals surface area (Å²) in [6.45, 7) is 3.31. The number of carbonyl (C=O) groups is 1. The van der Waals surface area contributed by atoms with E-state index in [4.69, 9.17) is 0 Å². The largest absolute Gasteiger partial charge is 0.317 e. The molecule has 0 spiro atoms. The van der Waals surface area contributed by atoms with Crippen molar-refractivity contribution in [1.82, 2.24) is 8.87 Å². The first-order valence-corrected chi connectivity index (χ1v) is 12.9. The van der Waals surface area contributed by atoms with Crippen molar-refractivity contribution in [3.63, 3.8) is 0 Å². The molecular weight excluding hydrogens is 486 g/mol. The number of thiazole rings is 1. The molecule has 0 bridgehead atoms. The number of aromatic nitrogens is 1. The molecule has 158 valence electrons. The maximum absolute atomic E-state index is 13.0. The van der Waals surface area contributed by atoms with Crippen molar-refractivity contribution in [3.8, 4) is 0 Å². The van der Waals surface area contributed by atoms with E-state index in [2.05, 4.69) is 20.9 Å². The highest BCUT2D eigenvalue weighted by Crippen LogP contribution is 2.25. The van der Waals surface area contributed by atoms with Gasteiger partial charge in [0.1, 0.15) is 0 Å². The lowest BCUT2D eigenvalue weighted by Gasteiger charge is -2.30. The summed E-state index contributed by atoms with van der Waals surface area (Å²) in [5.41, 5.74) is 1.04. The van der Waals surface area contributed by atoms with Crippen LogP contribution in [0, 0.1) is 5.92 Å². The SMILES string of the molecule is CCn1c(=NC(=O)C2CCCN(S(=O)(=O)c3ccccc3)C2)sc2cc(Br)ccc21. The van der Waals surface area contributed by atoms with Gasteiger partial charge in [-0.2, -0.15) is 9.30 Å². The molecule has 1 saturated heterocycles. The van der Waals surface area contributed by atoms with Gasteiger partial charge >= 0.3 is 0 Å². The zero-order valence-electron chi connectivity index (χ0n) is 16.5. The molecule has 1 aromatic heterocycles. The van der Waals surface area contributed by atoms with Gasteiger partial charge in [-0.25, -0.2) is 8.42 Å². The molecule has 9 heteroatoms. The molecule has 2 aromatic carbocycles. The van der Waals surface area contributed by atoms with Crippen LogP contribution in [0.3, 0.4) is 0 Å². The summed E-state index contributed by atoms with van der Waals surface area (Å²) < 4.78 is 31.3. The first-order valence-electron chi connectivity index (χ1n) is 9.83. The number of amides is 1. The molecule has 1 unspecified atom stereocenters. The number of hydrogen-bond acceptors (Lipinski definition) is 4. The molecule has 4 rings (SSSR count). The van der Waals surface area contributed by atoms with Crippen LogP contribution in [0.25, 0.3) is 10.2 Å². The fourth-order valence-corrected chi connectivity index (χ4v) is 6.92. The number of fused-ring (bicyclic) bond motifs is 1. The number of aryl methyl sites for hydroxylation is 1. The van der Waals surface area contributed by atoms with E-state index in [1.807, 2.05) is 29.7 Å². The van der Waals surface area contributed by atoms with E-state index in [1.54, 1.807) is 30.3 Å². The highest BCUT2D eigenvalue weighted by molar-refractivity contribution is 9.10. The first-order chi connectivity index (χ1) is 14.4. The molecule has 1 atom stereocenters. The van der Waals surface area contributed by atoms with Crippen molar-refractivity contribution in [2.75, 3.05) is 13.1 Å². The number of benzene rings is 2. The van der Waals surface area contributed by atoms with Crippen LogP contribution >= 0.6 is 27.3 Å². The number of hydrogen-bond donors (Lipinski definition) is 0. The lowest BCUT2D eigenvalue weighted by atomic mass is 9.99. The minimum absolute atomic E-state index is 0.169. The molecule has 1 aliphatic heterocycles. The Morgan fingerprint density at radius 3 is 2.73 bits per heavy atom. The van der Waals surface area contributed by atoms with Crippen LogP contribution in [0.1, 0.15) is 19.8 Å². The summed E-state index contributed by atoms with van der Waals surface area (Å²) in [5.74, 6) is -0.685. The van der Waals surface area contributed by atoms with Crippen molar-refractivity contribution < 1.29 is 13.2 Å². The van der Waals surface area contributed by atoms with Crippen molar-refractivity contribution in [2.24, 2.45) is 10.9 Å². The number of halogens is 1. The molecule has 0 aliphatic carbocycles. The molecule has 6 nitrogen and oxygen atoms in total. The minimum Gasteiger partial charge on any atom is -0.317 e. The average molecular weight is 508 g/mol. The van der Waals surface area contributed by atoms with Gasteiger partial charge in [0, 0.05) is 24.1 Å². The summed E-state index contributed by atoms with van der Waals surface area (Å²) in [5, 5.41) is 0. The van der Waals surface area contributed by atoms with Crippen LogP contribution in [0.2, 0.25) is 0 Å². The molecule has 0 radical (unpaired) electrons. The van der Waals surface area contributed by atoms with Crippen molar-refractivity contribution in [3.05, 3.63) is 57.8 Å². The van der Waals surface area contributed by atoms with Crippen LogP contribution in [-0.2, 0) is 21.4 Å². The van der Waals surface area contributed by atoms with Crippen molar-refractivity contribution in [2.45, 2.75) is 31.2 Å². The van der Waals surface area contributed by atoms with Gasteiger partial charge in [-0.15, -0.1) is 0 Å². The second-order valence-corrected chi connectivity index (χ2v) is 11.1. The van der Waals surface area contributed by atoms with E-state index in [9.17, 15) is 13.2 Å². The molecule has 0 N–H and O–H groups in total. The van der Waals surface area contributed by atoms with Crippen LogP contribution in [-0.4, -0.2) is 36.3 Å². The zero-order chi connectivity index (χ0) is 21.3. The number of sulfonamides is 1.